The lowest BCUT2D eigenvalue weighted by Gasteiger charge is -2.25. The molecular formula is C18H31N3O3S. The van der Waals surface area contributed by atoms with Crippen LogP contribution in [0.15, 0.2) is 29.3 Å². The molecule has 0 aliphatic heterocycles. The number of sulfone groups is 1. The van der Waals surface area contributed by atoms with Crippen LogP contribution in [0.2, 0.25) is 0 Å². The minimum atomic E-state index is -2.94. The normalized spacial score (nSPS) is 12.8. The van der Waals surface area contributed by atoms with E-state index in [4.69, 9.17) is 4.74 Å². The molecule has 1 aromatic carbocycles. The molecule has 0 unspecified atom stereocenters. The summed E-state index contributed by atoms with van der Waals surface area (Å²) in [7, 11) is -1.30. The van der Waals surface area contributed by atoms with Gasteiger partial charge in [-0.3, -0.25) is 0 Å². The molecule has 7 heteroatoms. The first-order valence-corrected chi connectivity index (χ1v) is 10.5. The van der Waals surface area contributed by atoms with E-state index in [9.17, 15) is 8.42 Å². The first kappa shape index (κ1) is 21.3. The number of guanidine groups is 1. The number of hydrogen-bond donors (Lipinski definition) is 2. The molecule has 0 saturated carbocycles. The van der Waals surface area contributed by atoms with Gasteiger partial charge >= 0.3 is 0 Å². The average molecular weight is 370 g/mol. The van der Waals surface area contributed by atoms with Crippen molar-refractivity contribution in [2.45, 2.75) is 33.7 Å². The Hall–Kier alpha value is -1.76. The summed E-state index contributed by atoms with van der Waals surface area (Å²) in [6, 6.07) is 7.81. The summed E-state index contributed by atoms with van der Waals surface area (Å²) in [5.41, 5.74) is 0.919. The fraction of sp³-hybridized carbons (Fsp3) is 0.611. The zero-order valence-electron chi connectivity index (χ0n) is 15.9. The van der Waals surface area contributed by atoms with E-state index >= 15 is 0 Å². The third-order valence-electron chi connectivity index (χ3n) is 3.78. The van der Waals surface area contributed by atoms with Crippen molar-refractivity contribution in [2.75, 3.05) is 32.2 Å². The molecule has 0 fully saturated rings. The van der Waals surface area contributed by atoms with Gasteiger partial charge in [-0.1, -0.05) is 26.0 Å². The fourth-order valence-corrected chi connectivity index (χ4v) is 3.08. The van der Waals surface area contributed by atoms with E-state index in [1.165, 1.54) is 6.26 Å². The quantitative estimate of drug-likeness (QED) is 0.515. The zero-order valence-corrected chi connectivity index (χ0v) is 16.7. The van der Waals surface area contributed by atoms with Crippen molar-refractivity contribution in [2.24, 2.45) is 10.4 Å². The number of ether oxygens (including phenoxy) is 1. The lowest BCUT2D eigenvalue weighted by molar-refractivity contribution is 0.348. The number of methoxy groups -OCH3 is 1. The molecule has 0 radical (unpaired) electrons. The monoisotopic (exact) mass is 369 g/mol. The van der Waals surface area contributed by atoms with Crippen LogP contribution in [0.3, 0.4) is 0 Å². The lowest BCUT2D eigenvalue weighted by Crippen LogP contribution is -2.42. The van der Waals surface area contributed by atoms with Gasteiger partial charge < -0.3 is 15.4 Å². The maximum atomic E-state index is 11.4. The number of nitrogens with one attached hydrogen (secondary N) is 2. The molecular weight excluding hydrogens is 338 g/mol. The molecule has 1 aromatic rings. The molecule has 0 bridgehead atoms. The number of aliphatic imine (C=N–C) groups is 1. The minimum Gasteiger partial charge on any atom is -0.497 e. The molecule has 25 heavy (non-hydrogen) atoms. The van der Waals surface area contributed by atoms with Crippen molar-refractivity contribution in [3.63, 3.8) is 0 Å². The maximum Gasteiger partial charge on any atom is 0.191 e. The van der Waals surface area contributed by atoms with Crippen molar-refractivity contribution in [1.82, 2.24) is 10.6 Å². The molecule has 2 N–H and O–H groups in total. The predicted molar refractivity (Wildman–Crippen MR) is 104 cm³/mol. The molecule has 0 spiro atoms. The number of benzene rings is 1. The third-order valence-corrected chi connectivity index (χ3v) is 4.73. The van der Waals surface area contributed by atoms with Crippen molar-refractivity contribution in [1.29, 1.82) is 0 Å². The van der Waals surface area contributed by atoms with Gasteiger partial charge in [0.1, 0.15) is 15.6 Å². The summed E-state index contributed by atoms with van der Waals surface area (Å²) in [4.78, 5) is 4.59. The number of hydrogen-bond acceptors (Lipinski definition) is 4. The van der Waals surface area contributed by atoms with Crippen LogP contribution in [0.4, 0.5) is 0 Å². The van der Waals surface area contributed by atoms with Gasteiger partial charge in [-0.05, 0) is 36.5 Å². The van der Waals surface area contributed by atoms with Gasteiger partial charge in [0, 0.05) is 19.3 Å². The van der Waals surface area contributed by atoms with Gasteiger partial charge in [-0.2, -0.15) is 0 Å². The maximum absolute atomic E-state index is 11.4. The molecule has 0 heterocycles. The van der Waals surface area contributed by atoms with Crippen LogP contribution in [0.25, 0.3) is 0 Å². The van der Waals surface area contributed by atoms with Gasteiger partial charge in [0.2, 0.25) is 0 Å². The molecule has 0 aliphatic rings. The van der Waals surface area contributed by atoms with Crippen LogP contribution in [-0.4, -0.2) is 46.6 Å². The topological polar surface area (TPSA) is 79.8 Å². The van der Waals surface area contributed by atoms with Crippen LogP contribution in [-0.2, 0) is 16.4 Å². The van der Waals surface area contributed by atoms with E-state index in [-0.39, 0.29) is 11.2 Å². The van der Waals surface area contributed by atoms with Crippen LogP contribution >= 0.6 is 0 Å². The van der Waals surface area contributed by atoms with E-state index in [0.29, 0.717) is 19.5 Å². The SMILES string of the molecule is CCNC(=NCc1cccc(OC)c1)NCC(C)(C)CCS(C)(=O)=O. The largest absolute Gasteiger partial charge is 0.497 e. The number of rotatable bonds is 9. The summed E-state index contributed by atoms with van der Waals surface area (Å²) in [6.07, 6.45) is 1.88. The number of nitrogens with zero attached hydrogens (tertiary/aromatic N) is 1. The summed E-state index contributed by atoms with van der Waals surface area (Å²) >= 11 is 0. The van der Waals surface area contributed by atoms with E-state index in [0.717, 1.165) is 23.8 Å². The molecule has 0 saturated heterocycles. The highest BCUT2D eigenvalue weighted by atomic mass is 32.2. The smallest absolute Gasteiger partial charge is 0.191 e. The van der Waals surface area contributed by atoms with Gasteiger partial charge in [0.15, 0.2) is 5.96 Å². The fourth-order valence-electron chi connectivity index (χ4n) is 2.16. The third kappa shape index (κ3) is 9.34. The van der Waals surface area contributed by atoms with Crippen molar-refractivity contribution in [3.8, 4) is 5.75 Å². The van der Waals surface area contributed by atoms with Crippen molar-refractivity contribution >= 4 is 15.8 Å². The lowest BCUT2D eigenvalue weighted by atomic mass is 9.90. The Morgan fingerprint density at radius 2 is 2.00 bits per heavy atom. The Bertz CT molecular complexity index is 670. The predicted octanol–water partition coefficient (Wildman–Crippen LogP) is 2.21. The average Bonchev–Trinajstić information content (AvgIpc) is 2.55. The van der Waals surface area contributed by atoms with Crippen LogP contribution < -0.4 is 15.4 Å². The molecule has 0 amide bonds. The molecule has 6 nitrogen and oxygen atoms in total. The van der Waals surface area contributed by atoms with E-state index in [2.05, 4.69) is 29.5 Å². The Morgan fingerprint density at radius 3 is 2.60 bits per heavy atom. The van der Waals surface area contributed by atoms with Gasteiger partial charge in [0.25, 0.3) is 0 Å². The second-order valence-electron chi connectivity index (χ2n) is 6.94. The second-order valence-corrected chi connectivity index (χ2v) is 9.20. The van der Waals surface area contributed by atoms with Gasteiger partial charge in [-0.15, -0.1) is 0 Å². The van der Waals surface area contributed by atoms with Gasteiger partial charge in [0.05, 0.1) is 19.4 Å². The van der Waals surface area contributed by atoms with E-state index in [1.807, 2.05) is 31.2 Å². The minimum absolute atomic E-state index is 0.144. The van der Waals surface area contributed by atoms with Gasteiger partial charge in [-0.25, -0.2) is 13.4 Å². The summed E-state index contributed by atoms with van der Waals surface area (Å²) in [5.74, 6) is 1.73. The second kappa shape index (κ2) is 9.65. The highest BCUT2D eigenvalue weighted by Gasteiger charge is 2.20. The summed E-state index contributed by atoms with van der Waals surface area (Å²) in [5, 5.41) is 6.52. The van der Waals surface area contributed by atoms with Crippen molar-refractivity contribution in [3.05, 3.63) is 29.8 Å². The zero-order chi connectivity index (χ0) is 18.9. The molecule has 142 valence electrons. The summed E-state index contributed by atoms with van der Waals surface area (Å²) < 4.78 is 28.0. The highest BCUT2D eigenvalue weighted by molar-refractivity contribution is 7.90. The van der Waals surface area contributed by atoms with Crippen molar-refractivity contribution < 1.29 is 13.2 Å². The Labute approximate surface area is 152 Å². The molecule has 0 aliphatic carbocycles. The molecule has 1 rings (SSSR count). The Balaban J connectivity index is 2.66. The first-order chi connectivity index (χ1) is 11.6. The van der Waals surface area contributed by atoms with E-state index in [1.54, 1.807) is 7.11 Å². The van der Waals surface area contributed by atoms with Crippen LogP contribution in [0, 0.1) is 5.41 Å². The Morgan fingerprint density at radius 1 is 1.28 bits per heavy atom. The highest BCUT2D eigenvalue weighted by Crippen LogP contribution is 2.19. The first-order valence-electron chi connectivity index (χ1n) is 8.48. The van der Waals surface area contributed by atoms with Crippen LogP contribution in [0.1, 0.15) is 32.8 Å². The standard InChI is InChI=1S/C18H31N3O3S/c1-6-19-17(20-13-15-8-7-9-16(12-15)24-4)21-14-18(2,3)10-11-25(5,22)23/h7-9,12H,6,10-11,13-14H2,1-5H3,(H2,19,20,21). The summed E-state index contributed by atoms with van der Waals surface area (Å²) in [6.45, 7) is 8.06. The van der Waals surface area contributed by atoms with E-state index < -0.39 is 9.84 Å². The molecule has 0 aromatic heterocycles. The molecule has 0 atom stereocenters. The van der Waals surface area contributed by atoms with Crippen LogP contribution in [0.5, 0.6) is 5.75 Å². The Kier molecular flexibility index (Phi) is 8.22.